The summed E-state index contributed by atoms with van der Waals surface area (Å²) in [5.74, 6) is 1.75. The van der Waals surface area contributed by atoms with Crippen LogP contribution in [0.1, 0.15) is 20.8 Å². The molecule has 5 heteroatoms. The first kappa shape index (κ1) is 12.1. The number of nitrogens with one attached hydrogen (secondary N) is 1. The van der Waals surface area contributed by atoms with E-state index in [-0.39, 0.29) is 6.10 Å². The quantitative estimate of drug-likeness (QED) is 0.862. The summed E-state index contributed by atoms with van der Waals surface area (Å²) >= 11 is 0. The Balaban J connectivity index is 2.16. The topological polar surface area (TPSA) is 50.3 Å². The molecule has 1 N–H and O–H groups in total. The third-order valence-electron chi connectivity index (χ3n) is 2.88. The van der Waals surface area contributed by atoms with Gasteiger partial charge in [0.05, 0.1) is 31.1 Å². The average Bonchev–Trinajstić information content (AvgIpc) is 2.33. The van der Waals surface area contributed by atoms with E-state index in [0.29, 0.717) is 6.04 Å². The van der Waals surface area contributed by atoms with Crippen LogP contribution in [-0.4, -0.2) is 41.8 Å². The van der Waals surface area contributed by atoms with Crippen molar-refractivity contribution in [2.75, 3.05) is 29.9 Å². The summed E-state index contributed by atoms with van der Waals surface area (Å²) in [6.45, 7) is 8.74. The molecule has 0 radical (unpaired) electrons. The molecular weight excluding hydrogens is 216 g/mol. The lowest BCUT2D eigenvalue weighted by molar-refractivity contribution is 0.0340. The standard InChI is InChI=1S/C12H20N4O/c1-4-14-11-5-13-6-12(15-11)16-7-10(3)17-8-9(16)2/h5-6,9-10H,4,7-8H2,1-3H3,(H,14,15). The number of anilines is 2. The maximum Gasteiger partial charge on any atom is 0.149 e. The number of ether oxygens (including phenoxy) is 1. The summed E-state index contributed by atoms with van der Waals surface area (Å²) in [5.41, 5.74) is 0. The SMILES string of the molecule is CCNc1cncc(N2CC(C)OCC2C)n1. The van der Waals surface area contributed by atoms with Crippen LogP contribution in [0.3, 0.4) is 0 Å². The number of nitrogens with zero attached hydrogens (tertiary/aromatic N) is 3. The van der Waals surface area contributed by atoms with Gasteiger partial charge in [-0.25, -0.2) is 4.98 Å². The van der Waals surface area contributed by atoms with E-state index < -0.39 is 0 Å². The van der Waals surface area contributed by atoms with Crippen molar-refractivity contribution in [3.8, 4) is 0 Å². The largest absolute Gasteiger partial charge is 0.375 e. The Morgan fingerprint density at radius 1 is 1.47 bits per heavy atom. The Labute approximate surface area is 102 Å². The van der Waals surface area contributed by atoms with Crippen molar-refractivity contribution in [2.45, 2.75) is 32.9 Å². The van der Waals surface area contributed by atoms with E-state index in [9.17, 15) is 0 Å². The minimum atomic E-state index is 0.246. The van der Waals surface area contributed by atoms with Crippen molar-refractivity contribution < 1.29 is 4.74 Å². The molecule has 2 unspecified atom stereocenters. The maximum atomic E-state index is 5.61. The van der Waals surface area contributed by atoms with E-state index in [1.165, 1.54) is 0 Å². The zero-order valence-corrected chi connectivity index (χ0v) is 10.7. The van der Waals surface area contributed by atoms with Crippen molar-refractivity contribution in [1.82, 2.24) is 9.97 Å². The average molecular weight is 236 g/mol. The van der Waals surface area contributed by atoms with Gasteiger partial charge in [-0.2, -0.15) is 0 Å². The molecule has 1 aliphatic rings. The van der Waals surface area contributed by atoms with Gasteiger partial charge in [0.2, 0.25) is 0 Å². The fourth-order valence-corrected chi connectivity index (χ4v) is 1.98. The Bertz CT molecular complexity index is 371. The first-order valence-corrected chi connectivity index (χ1v) is 6.15. The molecule has 0 spiro atoms. The number of aromatic nitrogens is 2. The van der Waals surface area contributed by atoms with Crippen LogP contribution in [0.2, 0.25) is 0 Å². The van der Waals surface area contributed by atoms with Crippen LogP contribution in [0.25, 0.3) is 0 Å². The molecule has 2 rings (SSSR count). The summed E-state index contributed by atoms with van der Waals surface area (Å²) in [6.07, 6.45) is 3.81. The Morgan fingerprint density at radius 2 is 2.29 bits per heavy atom. The molecule has 17 heavy (non-hydrogen) atoms. The first-order chi connectivity index (χ1) is 8.20. The van der Waals surface area contributed by atoms with Crippen LogP contribution < -0.4 is 10.2 Å². The van der Waals surface area contributed by atoms with Crippen LogP contribution in [-0.2, 0) is 4.74 Å². The molecular formula is C12H20N4O. The molecule has 5 nitrogen and oxygen atoms in total. The third kappa shape index (κ3) is 2.85. The van der Waals surface area contributed by atoms with Gasteiger partial charge in [-0.05, 0) is 20.8 Å². The molecule has 1 aromatic heterocycles. The van der Waals surface area contributed by atoms with Crippen molar-refractivity contribution in [3.05, 3.63) is 12.4 Å². The summed E-state index contributed by atoms with van der Waals surface area (Å²) in [4.78, 5) is 11.1. The van der Waals surface area contributed by atoms with Crippen LogP contribution in [0, 0.1) is 0 Å². The molecule has 0 aliphatic carbocycles. The summed E-state index contributed by atoms with van der Waals surface area (Å²) < 4.78 is 5.61. The van der Waals surface area contributed by atoms with Gasteiger partial charge in [-0.1, -0.05) is 0 Å². The highest BCUT2D eigenvalue weighted by Crippen LogP contribution is 2.20. The van der Waals surface area contributed by atoms with Crippen LogP contribution in [0.4, 0.5) is 11.6 Å². The molecule has 2 atom stereocenters. The molecule has 0 saturated carbocycles. The smallest absolute Gasteiger partial charge is 0.149 e. The fourth-order valence-electron chi connectivity index (χ4n) is 1.98. The highest BCUT2D eigenvalue weighted by Gasteiger charge is 2.24. The fraction of sp³-hybridized carbons (Fsp3) is 0.667. The lowest BCUT2D eigenvalue weighted by Gasteiger charge is -2.37. The van der Waals surface area contributed by atoms with Gasteiger partial charge in [-0.15, -0.1) is 0 Å². The van der Waals surface area contributed by atoms with Gasteiger partial charge in [0.25, 0.3) is 0 Å². The molecule has 2 heterocycles. The van der Waals surface area contributed by atoms with E-state index in [1.807, 2.05) is 13.1 Å². The van der Waals surface area contributed by atoms with E-state index in [2.05, 4.69) is 34.0 Å². The zero-order valence-electron chi connectivity index (χ0n) is 10.7. The summed E-state index contributed by atoms with van der Waals surface area (Å²) in [7, 11) is 0. The van der Waals surface area contributed by atoms with E-state index in [1.54, 1.807) is 6.20 Å². The number of rotatable bonds is 3. The first-order valence-electron chi connectivity index (χ1n) is 6.15. The van der Waals surface area contributed by atoms with Crippen LogP contribution >= 0.6 is 0 Å². The van der Waals surface area contributed by atoms with Crippen molar-refractivity contribution in [1.29, 1.82) is 0 Å². The number of morpholine rings is 1. The zero-order chi connectivity index (χ0) is 12.3. The predicted octanol–water partition coefficient (Wildman–Crippen LogP) is 1.52. The van der Waals surface area contributed by atoms with Crippen LogP contribution in [0.15, 0.2) is 12.4 Å². The van der Waals surface area contributed by atoms with Gasteiger partial charge in [0.15, 0.2) is 0 Å². The molecule has 0 aromatic carbocycles. The van der Waals surface area contributed by atoms with Gasteiger partial charge in [0, 0.05) is 13.1 Å². The van der Waals surface area contributed by atoms with Crippen molar-refractivity contribution >= 4 is 11.6 Å². The Kier molecular flexibility index (Phi) is 3.78. The second-order valence-electron chi connectivity index (χ2n) is 4.44. The molecule has 0 bridgehead atoms. The summed E-state index contributed by atoms with van der Waals surface area (Å²) in [5, 5.41) is 3.18. The van der Waals surface area contributed by atoms with Gasteiger partial charge in [0.1, 0.15) is 11.6 Å². The van der Waals surface area contributed by atoms with Crippen LogP contribution in [0.5, 0.6) is 0 Å². The van der Waals surface area contributed by atoms with Gasteiger partial charge >= 0.3 is 0 Å². The minimum Gasteiger partial charge on any atom is -0.375 e. The highest BCUT2D eigenvalue weighted by atomic mass is 16.5. The van der Waals surface area contributed by atoms with Crippen molar-refractivity contribution in [3.63, 3.8) is 0 Å². The molecule has 0 amide bonds. The molecule has 1 aromatic rings. The molecule has 1 fully saturated rings. The second kappa shape index (κ2) is 5.31. The lowest BCUT2D eigenvalue weighted by atomic mass is 10.2. The van der Waals surface area contributed by atoms with E-state index in [0.717, 1.165) is 31.3 Å². The van der Waals surface area contributed by atoms with Gasteiger partial charge in [-0.3, -0.25) is 4.98 Å². The lowest BCUT2D eigenvalue weighted by Crippen LogP contribution is -2.47. The monoisotopic (exact) mass is 236 g/mol. The Hall–Kier alpha value is -1.36. The molecule has 1 saturated heterocycles. The van der Waals surface area contributed by atoms with Gasteiger partial charge < -0.3 is 15.0 Å². The minimum absolute atomic E-state index is 0.246. The Morgan fingerprint density at radius 3 is 3.06 bits per heavy atom. The molecule has 94 valence electrons. The van der Waals surface area contributed by atoms with E-state index >= 15 is 0 Å². The second-order valence-corrected chi connectivity index (χ2v) is 4.44. The van der Waals surface area contributed by atoms with E-state index in [4.69, 9.17) is 4.74 Å². The third-order valence-corrected chi connectivity index (χ3v) is 2.88. The maximum absolute atomic E-state index is 5.61. The van der Waals surface area contributed by atoms with Crippen molar-refractivity contribution in [2.24, 2.45) is 0 Å². The normalized spacial score (nSPS) is 24.8. The highest BCUT2D eigenvalue weighted by molar-refractivity contribution is 5.45. The predicted molar refractivity (Wildman–Crippen MR) is 68.4 cm³/mol. The number of hydrogen-bond acceptors (Lipinski definition) is 5. The molecule has 1 aliphatic heterocycles. The number of hydrogen-bond donors (Lipinski definition) is 1. The summed E-state index contributed by atoms with van der Waals surface area (Å²) in [6, 6.07) is 0.345.